The van der Waals surface area contributed by atoms with Crippen LogP contribution in [0.25, 0.3) is 0 Å². The highest BCUT2D eigenvalue weighted by molar-refractivity contribution is 6.04. The lowest BCUT2D eigenvalue weighted by Crippen LogP contribution is -2.12. The smallest absolute Gasteiger partial charge is 0.255 e. The number of carbonyl (C=O) groups is 1. The molecule has 1 amide bonds. The first kappa shape index (κ1) is 14.8. The Bertz CT molecular complexity index is 769. The molecule has 3 rings (SSSR count). The van der Waals surface area contributed by atoms with Crippen molar-refractivity contribution in [3.05, 3.63) is 78.1 Å². The minimum absolute atomic E-state index is 0.317. The number of nitrogens with zero attached hydrogens (tertiary/aromatic N) is 1. The molecule has 0 fully saturated rings. The van der Waals surface area contributed by atoms with Gasteiger partial charge in [0.05, 0.1) is 24.7 Å². The molecule has 6 heteroatoms. The van der Waals surface area contributed by atoms with Gasteiger partial charge >= 0.3 is 0 Å². The third-order valence-corrected chi connectivity index (χ3v) is 3.15. The predicted octanol–water partition coefficient (Wildman–Crippen LogP) is 3.68. The third-order valence-electron chi connectivity index (χ3n) is 3.15. The molecule has 0 aliphatic heterocycles. The summed E-state index contributed by atoms with van der Waals surface area (Å²) in [6.45, 7) is 0.529. The van der Waals surface area contributed by atoms with Gasteiger partial charge < -0.3 is 15.1 Å². The number of pyridine rings is 1. The average Bonchev–Trinajstić information content (AvgIpc) is 3.08. The molecule has 3 aromatic rings. The van der Waals surface area contributed by atoms with Crippen molar-refractivity contribution in [1.29, 1.82) is 0 Å². The standard InChI is InChI=1S/C17H14FN3O2/c18-13-5-3-12(4-6-13)17(22)21-14-7-8-16(19-10-14)20-11-15-2-1-9-23-15/h1-10H,11H2,(H,19,20)(H,21,22). The number of carbonyl (C=O) groups excluding carboxylic acids is 1. The second kappa shape index (κ2) is 6.74. The lowest BCUT2D eigenvalue weighted by atomic mass is 10.2. The van der Waals surface area contributed by atoms with E-state index in [0.29, 0.717) is 23.6 Å². The van der Waals surface area contributed by atoms with Gasteiger partial charge in [-0.05, 0) is 48.5 Å². The van der Waals surface area contributed by atoms with E-state index in [0.717, 1.165) is 5.76 Å². The Kier molecular flexibility index (Phi) is 4.33. The van der Waals surface area contributed by atoms with Gasteiger partial charge in [0.25, 0.3) is 5.91 Å². The Morgan fingerprint density at radius 1 is 1.13 bits per heavy atom. The van der Waals surface area contributed by atoms with E-state index in [1.165, 1.54) is 24.3 Å². The third kappa shape index (κ3) is 3.94. The zero-order chi connectivity index (χ0) is 16.1. The number of hydrogen-bond donors (Lipinski definition) is 2. The van der Waals surface area contributed by atoms with Crippen molar-refractivity contribution in [1.82, 2.24) is 4.98 Å². The van der Waals surface area contributed by atoms with Crippen LogP contribution in [0.2, 0.25) is 0 Å². The van der Waals surface area contributed by atoms with Gasteiger partial charge in [-0.25, -0.2) is 9.37 Å². The molecule has 0 atom stereocenters. The molecular weight excluding hydrogens is 297 g/mol. The summed E-state index contributed by atoms with van der Waals surface area (Å²) in [6, 6.07) is 12.5. The molecule has 116 valence electrons. The van der Waals surface area contributed by atoms with E-state index in [4.69, 9.17) is 4.42 Å². The normalized spacial score (nSPS) is 10.3. The molecule has 0 radical (unpaired) electrons. The second-order valence-corrected chi connectivity index (χ2v) is 4.83. The number of furan rings is 1. The average molecular weight is 311 g/mol. The van der Waals surface area contributed by atoms with Crippen molar-refractivity contribution < 1.29 is 13.6 Å². The molecule has 0 unspecified atom stereocenters. The second-order valence-electron chi connectivity index (χ2n) is 4.83. The predicted molar refractivity (Wildman–Crippen MR) is 84.6 cm³/mol. The molecule has 5 nitrogen and oxygen atoms in total. The maximum Gasteiger partial charge on any atom is 0.255 e. The van der Waals surface area contributed by atoms with Crippen molar-refractivity contribution >= 4 is 17.4 Å². The van der Waals surface area contributed by atoms with Crippen LogP contribution >= 0.6 is 0 Å². The number of nitrogens with one attached hydrogen (secondary N) is 2. The minimum Gasteiger partial charge on any atom is -0.467 e. The van der Waals surface area contributed by atoms with Crippen LogP contribution in [0.1, 0.15) is 16.1 Å². The number of hydrogen-bond acceptors (Lipinski definition) is 4. The highest BCUT2D eigenvalue weighted by Gasteiger charge is 2.06. The highest BCUT2D eigenvalue weighted by atomic mass is 19.1. The molecule has 2 N–H and O–H groups in total. The highest BCUT2D eigenvalue weighted by Crippen LogP contribution is 2.13. The Labute approximate surface area is 132 Å². The van der Waals surface area contributed by atoms with Gasteiger partial charge in [0, 0.05) is 5.56 Å². The number of anilines is 2. The number of aromatic nitrogens is 1. The molecule has 0 aliphatic carbocycles. The van der Waals surface area contributed by atoms with Gasteiger partial charge in [0.1, 0.15) is 17.4 Å². The lowest BCUT2D eigenvalue weighted by Gasteiger charge is -2.07. The topological polar surface area (TPSA) is 67.2 Å². The summed E-state index contributed by atoms with van der Waals surface area (Å²) in [6.07, 6.45) is 3.16. The van der Waals surface area contributed by atoms with Crippen LogP contribution in [0.15, 0.2) is 65.4 Å². The Morgan fingerprint density at radius 2 is 1.96 bits per heavy atom. The van der Waals surface area contributed by atoms with Gasteiger partial charge in [0.2, 0.25) is 0 Å². The van der Waals surface area contributed by atoms with Crippen molar-refractivity contribution in [3.63, 3.8) is 0 Å². The van der Waals surface area contributed by atoms with Gasteiger partial charge in [0.15, 0.2) is 0 Å². The van der Waals surface area contributed by atoms with E-state index < -0.39 is 0 Å². The van der Waals surface area contributed by atoms with Gasteiger partial charge in [-0.15, -0.1) is 0 Å². The van der Waals surface area contributed by atoms with E-state index in [-0.39, 0.29) is 11.7 Å². The quantitative estimate of drug-likeness (QED) is 0.754. The first-order chi connectivity index (χ1) is 11.2. The van der Waals surface area contributed by atoms with E-state index in [2.05, 4.69) is 15.6 Å². The molecule has 0 spiro atoms. The fraction of sp³-hybridized carbons (Fsp3) is 0.0588. The number of rotatable bonds is 5. The summed E-state index contributed by atoms with van der Waals surface area (Å²) in [5.41, 5.74) is 0.939. The monoisotopic (exact) mass is 311 g/mol. The Morgan fingerprint density at radius 3 is 2.61 bits per heavy atom. The zero-order valence-electron chi connectivity index (χ0n) is 12.1. The van der Waals surface area contributed by atoms with E-state index in [1.807, 2.05) is 12.1 Å². The zero-order valence-corrected chi connectivity index (χ0v) is 12.1. The number of benzene rings is 1. The summed E-state index contributed by atoms with van der Waals surface area (Å²) in [5, 5.41) is 5.81. The molecule has 2 heterocycles. The fourth-order valence-corrected chi connectivity index (χ4v) is 1.97. The van der Waals surface area contributed by atoms with Crippen LogP contribution in [-0.4, -0.2) is 10.9 Å². The molecule has 0 aliphatic rings. The van der Waals surface area contributed by atoms with Gasteiger partial charge in [-0.1, -0.05) is 0 Å². The fourth-order valence-electron chi connectivity index (χ4n) is 1.97. The van der Waals surface area contributed by atoms with E-state index in [9.17, 15) is 9.18 Å². The number of amides is 1. The van der Waals surface area contributed by atoms with Crippen LogP contribution in [-0.2, 0) is 6.54 Å². The van der Waals surface area contributed by atoms with Crippen molar-refractivity contribution in [2.75, 3.05) is 10.6 Å². The molecule has 1 aromatic carbocycles. The minimum atomic E-state index is -0.379. The maximum atomic E-state index is 12.8. The largest absolute Gasteiger partial charge is 0.467 e. The molecule has 0 saturated carbocycles. The molecule has 0 saturated heterocycles. The first-order valence-electron chi connectivity index (χ1n) is 7.00. The molecule has 0 bridgehead atoms. The van der Waals surface area contributed by atoms with E-state index in [1.54, 1.807) is 24.6 Å². The summed E-state index contributed by atoms with van der Waals surface area (Å²) in [7, 11) is 0. The summed E-state index contributed by atoms with van der Waals surface area (Å²) >= 11 is 0. The van der Waals surface area contributed by atoms with Gasteiger partial charge in [-0.3, -0.25) is 4.79 Å². The molecule has 23 heavy (non-hydrogen) atoms. The SMILES string of the molecule is O=C(Nc1ccc(NCc2ccco2)nc1)c1ccc(F)cc1. The Hall–Kier alpha value is -3.15. The Balaban J connectivity index is 1.58. The summed E-state index contributed by atoms with van der Waals surface area (Å²) in [5.74, 6) is 0.778. The summed E-state index contributed by atoms with van der Waals surface area (Å²) in [4.78, 5) is 16.2. The van der Waals surface area contributed by atoms with Gasteiger partial charge in [-0.2, -0.15) is 0 Å². The van der Waals surface area contributed by atoms with Crippen LogP contribution in [0, 0.1) is 5.82 Å². The van der Waals surface area contributed by atoms with Crippen molar-refractivity contribution in [3.8, 4) is 0 Å². The first-order valence-corrected chi connectivity index (χ1v) is 7.00. The number of halogens is 1. The molecule has 2 aromatic heterocycles. The summed E-state index contributed by atoms with van der Waals surface area (Å²) < 4.78 is 18.1. The van der Waals surface area contributed by atoms with Crippen molar-refractivity contribution in [2.24, 2.45) is 0 Å². The van der Waals surface area contributed by atoms with Crippen LogP contribution in [0.4, 0.5) is 15.9 Å². The van der Waals surface area contributed by atoms with Crippen LogP contribution < -0.4 is 10.6 Å². The van der Waals surface area contributed by atoms with Crippen LogP contribution in [0.5, 0.6) is 0 Å². The van der Waals surface area contributed by atoms with Crippen LogP contribution in [0.3, 0.4) is 0 Å². The van der Waals surface area contributed by atoms with Crippen molar-refractivity contribution in [2.45, 2.75) is 6.54 Å². The maximum absolute atomic E-state index is 12.8. The van der Waals surface area contributed by atoms with E-state index >= 15 is 0 Å². The molecular formula is C17H14FN3O2. The lowest BCUT2D eigenvalue weighted by molar-refractivity contribution is 0.102.